The van der Waals surface area contributed by atoms with Gasteiger partial charge in [0.05, 0.1) is 12.7 Å². The second-order valence-corrected chi connectivity index (χ2v) is 4.61. The van der Waals surface area contributed by atoms with Crippen LogP contribution in [-0.2, 0) is 4.74 Å². The van der Waals surface area contributed by atoms with Crippen molar-refractivity contribution in [1.82, 2.24) is 0 Å². The summed E-state index contributed by atoms with van der Waals surface area (Å²) in [5.41, 5.74) is 2.31. The van der Waals surface area contributed by atoms with Gasteiger partial charge in [0.2, 0.25) is 0 Å². The number of rotatable bonds is 1. The molecule has 1 aliphatic heterocycles. The maximum absolute atomic E-state index is 12.5. The highest BCUT2D eigenvalue weighted by Gasteiger charge is 2.37. The molecule has 92 valence electrons. The number of Topliss-reactive ketones (excluding diaryl/α,β-unsaturated/α-hetero) is 2. The van der Waals surface area contributed by atoms with Crippen LogP contribution in [0.3, 0.4) is 0 Å². The van der Waals surface area contributed by atoms with Crippen LogP contribution < -0.4 is 0 Å². The molecule has 2 aliphatic rings. The molecule has 1 atom stereocenters. The van der Waals surface area contributed by atoms with E-state index in [-0.39, 0.29) is 17.7 Å². The SMILES string of the molecule is CCC1OCCC2=C1C(=O)c1ccccc1C2=O. The number of ether oxygens (including phenoxy) is 1. The van der Waals surface area contributed by atoms with Gasteiger partial charge in [-0.15, -0.1) is 0 Å². The molecule has 0 spiro atoms. The van der Waals surface area contributed by atoms with E-state index < -0.39 is 0 Å². The van der Waals surface area contributed by atoms with Crippen LogP contribution in [0.5, 0.6) is 0 Å². The lowest BCUT2D eigenvalue weighted by Crippen LogP contribution is -2.34. The fourth-order valence-corrected chi connectivity index (χ4v) is 2.74. The van der Waals surface area contributed by atoms with Crippen LogP contribution in [0.15, 0.2) is 35.4 Å². The molecular weight excluding hydrogens is 228 g/mol. The third kappa shape index (κ3) is 1.47. The van der Waals surface area contributed by atoms with Gasteiger partial charge >= 0.3 is 0 Å². The third-order valence-corrected chi connectivity index (χ3v) is 3.62. The number of hydrogen-bond acceptors (Lipinski definition) is 3. The molecule has 0 saturated heterocycles. The zero-order chi connectivity index (χ0) is 12.7. The van der Waals surface area contributed by atoms with E-state index in [4.69, 9.17) is 4.74 Å². The molecule has 0 amide bonds. The summed E-state index contributed by atoms with van der Waals surface area (Å²) in [5.74, 6) is -0.0336. The Labute approximate surface area is 105 Å². The van der Waals surface area contributed by atoms with Crippen molar-refractivity contribution in [2.75, 3.05) is 6.61 Å². The highest BCUT2D eigenvalue weighted by Crippen LogP contribution is 2.34. The number of hydrogen-bond donors (Lipinski definition) is 0. The molecule has 3 heteroatoms. The summed E-state index contributed by atoms with van der Waals surface area (Å²) in [5, 5.41) is 0. The van der Waals surface area contributed by atoms with E-state index in [1.54, 1.807) is 24.3 Å². The van der Waals surface area contributed by atoms with Crippen LogP contribution in [0, 0.1) is 0 Å². The summed E-state index contributed by atoms with van der Waals surface area (Å²) in [6, 6.07) is 7.04. The molecule has 0 N–H and O–H groups in total. The minimum Gasteiger partial charge on any atom is -0.373 e. The molecule has 1 aromatic carbocycles. The van der Waals surface area contributed by atoms with Gasteiger partial charge in [0, 0.05) is 28.7 Å². The first-order valence-corrected chi connectivity index (χ1v) is 6.27. The quantitative estimate of drug-likeness (QED) is 0.760. The molecule has 1 aliphatic carbocycles. The summed E-state index contributed by atoms with van der Waals surface area (Å²) < 4.78 is 5.60. The monoisotopic (exact) mass is 242 g/mol. The Hall–Kier alpha value is -1.74. The fraction of sp³-hybridized carbons (Fsp3) is 0.333. The predicted molar refractivity (Wildman–Crippen MR) is 66.8 cm³/mol. The van der Waals surface area contributed by atoms with Gasteiger partial charge in [-0.1, -0.05) is 31.2 Å². The number of fused-ring (bicyclic) bond motifs is 1. The third-order valence-electron chi connectivity index (χ3n) is 3.62. The Morgan fingerprint density at radius 3 is 2.50 bits per heavy atom. The summed E-state index contributed by atoms with van der Waals surface area (Å²) in [6.45, 7) is 2.50. The summed E-state index contributed by atoms with van der Waals surface area (Å²) in [7, 11) is 0. The Bertz CT molecular complexity index is 569. The molecule has 0 fully saturated rings. The number of carbonyl (C=O) groups excluding carboxylic acids is 2. The van der Waals surface area contributed by atoms with Crippen molar-refractivity contribution in [1.29, 1.82) is 0 Å². The van der Waals surface area contributed by atoms with Crippen molar-refractivity contribution in [3.05, 3.63) is 46.5 Å². The Morgan fingerprint density at radius 2 is 1.83 bits per heavy atom. The van der Waals surface area contributed by atoms with E-state index in [0.29, 0.717) is 35.3 Å². The Balaban J connectivity index is 2.20. The van der Waals surface area contributed by atoms with Gasteiger partial charge in [-0.3, -0.25) is 9.59 Å². The average molecular weight is 242 g/mol. The van der Waals surface area contributed by atoms with Crippen LogP contribution >= 0.6 is 0 Å². The molecule has 3 nitrogen and oxygen atoms in total. The van der Waals surface area contributed by atoms with E-state index in [2.05, 4.69) is 0 Å². The number of carbonyl (C=O) groups is 2. The number of ketones is 2. The van der Waals surface area contributed by atoms with E-state index in [9.17, 15) is 9.59 Å². The largest absolute Gasteiger partial charge is 0.373 e. The van der Waals surface area contributed by atoms with Crippen molar-refractivity contribution >= 4 is 11.6 Å². The van der Waals surface area contributed by atoms with Gasteiger partial charge in [0.25, 0.3) is 0 Å². The Morgan fingerprint density at radius 1 is 1.17 bits per heavy atom. The molecular formula is C15H14O3. The van der Waals surface area contributed by atoms with E-state index in [0.717, 1.165) is 6.42 Å². The number of benzene rings is 1. The molecule has 18 heavy (non-hydrogen) atoms. The van der Waals surface area contributed by atoms with Crippen LogP contribution in [0.25, 0.3) is 0 Å². The summed E-state index contributed by atoms with van der Waals surface area (Å²) in [4.78, 5) is 24.9. The summed E-state index contributed by atoms with van der Waals surface area (Å²) in [6.07, 6.45) is 1.05. The lowest BCUT2D eigenvalue weighted by atomic mass is 9.79. The Kier molecular flexibility index (Phi) is 2.63. The first-order chi connectivity index (χ1) is 8.74. The molecule has 0 saturated carbocycles. The minimum atomic E-state index is -0.224. The van der Waals surface area contributed by atoms with E-state index >= 15 is 0 Å². The minimum absolute atomic E-state index is 0.00181. The van der Waals surface area contributed by atoms with Crippen molar-refractivity contribution < 1.29 is 14.3 Å². The van der Waals surface area contributed by atoms with Gasteiger partial charge < -0.3 is 4.74 Å². The lowest BCUT2D eigenvalue weighted by Gasteiger charge is -2.30. The second kappa shape index (κ2) is 4.18. The predicted octanol–water partition coefficient (Wildman–Crippen LogP) is 2.56. The zero-order valence-electron chi connectivity index (χ0n) is 10.2. The highest BCUT2D eigenvalue weighted by atomic mass is 16.5. The van der Waals surface area contributed by atoms with Crippen molar-refractivity contribution in [3.63, 3.8) is 0 Å². The molecule has 0 radical (unpaired) electrons. The van der Waals surface area contributed by atoms with E-state index in [1.807, 2.05) is 6.92 Å². The average Bonchev–Trinajstić information content (AvgIpc) is 2.44. The zero-order valence-corrected chi connectivity index (χ0v) is 10.2. The first-order valence-electron chi connectivity index (χ1n) is 6.27. The molecule has 1 unspecified atom stereocenters. The van der Waals surface area contributed by atoms with Gasteiger partial charge in [-0.2, -0.15) is 0 Å². The fourth-order valence-electron chi connectivity index (χ4n) is 2.74. The van der Waals surface area contributed by atoms with Gasteiger partial charge in [-0.25, -0.2) is 0 Å². The first kappa shape index (κ1) is 11.4. The van der Waals surface area contributed by atoms with E-state index in [1.165, 1.54) is 0 Å². The molecule has 0 aromatic heterocycles. The normalized spacial score (nSPS) is 22.8. The maximum Gasteiger partial charge on any atom is 0.192 e. The summed E-state index contributed by atoms with van der Waals surface area (Å²) >= 11 is 0. The van der Waals surface area contributed by atoms with Gasteiger partial charge in [0.1, 0.15) is 0 Å². The van der Waals surface area contributed by atoms with Crippen LogP contribution in [0.1, 0.15) is 40.5 Å². The lowest BCUT2D eigenvalue weighted by molar-refractivity contribution is 0.0554. The van der Waals surface area contributed by atoms with Crippen molar-refractivity contribution in [2.24, 2.45) is 0 Å². The molecule has 3 rings (SSSR count). The smallest absolute Gasteiger partial charge is 0.192 e. The standard InChI is InChI=1S/C15H14O3/c1-2-12-13-11(7-8-18-12)14(16)9-5-3-4-6-10(9)15(13)17/h3-6,12H,2,7-8H2,1H3. The highest BCUT2D eigenvalue weighted by molar-refractivity contribution is 6.27. The second-order valence-electron chi connectivity index (χ2n) is 4.61. The van der Waals surface area contributed by atoms with Crippen molar-refractivity contribution in [2.45, 2.75) is 25.9 Å². The molecule has 1 aromatic rings. The topological polar surface area (TPSA) is 43.4 Å². The van der Waals surface area contributed by atoms with Crippen molar-refractivity contribution in [3.8, 4) is 0 Å². The van der Waals surface area contributed by atoms with Crippen LogP contribution in [-0.4, -0.2) is 24.3 Å². The maximum atomic E-state index is 12.5. The van der Waals surface area contributed by atoms with Gasteiger partial charge in [0.15, 0.2) is 11.6 Å². The van der Waals surface area contributed by atoms with Crippen LogP contribution in [0.2, 0.25) is 0 Å². The molecule has 0 bridgehead atoms. The van der Waals surface area contributed by atoms with Crippen LogP contribution in [0.4, 0.5) is 0 Å². The van der Waals surface area contributed by atoms with Gasteiger partial charge in [-0.05, 0) is 6.42 Å². The molecule has 1 heterocycles.